The van der Waals surface area contributed by atoms with Crippen molar-refractivity contribution in [1.29, 1.82) is 0 Å². The van der Waals surface area contributed by atoms with E-state index in [2.05, 4.69) is 38.1 Å². The van der Waals surface area contributed by atoms with Crippen LogP contribution in [-0.4, -0.2) is 30.1 Å². The summed E-state index contributed by atoms with van der Waals surface area (Å²) in [6, 6.07) is 16.7. The predicted molar refractivity (Wildman–Crippen MR) is 145 cm³/mol. The number of carboxylic acid groups (broad SMARTS) is 1. The van der Waals surface area contributed by atoms with Crippen molar-refractivity contribution in [1.82, 2.24) is 0 Å². The maximum atomic E-state index is 12.2. The van der Waals surface area contributed by atoms with E-state index in [1.807, 2.05) is 45.0 Å². The molecule has 0 aliphatic rings. The summed E-state index contributed by atoms with van der Waals surface area (Å²) in [6.07, 6.45) is 6.80. The van der Waals surface area contributed by atoms with E-state index in [1.165, 1.54) is 11.1 Å². The highest BCUT2D eigenvalue weighted by Crippen LogP contribution is 2.42. The predicted octanol–water partition coefficient (Wildman–Crippen LogP) is 7.59. The fourth-order valence-corrected chi connectivity index (χ4v) is 4.57. The van der Waals surface area contributed by atoms with E-state index in [9.17, 15) is 9.59 Å². The number of hydrogen-bond donors (Lipinski definition) is 1. The summed E-state index contributed by atoms with van der Waals surface area (Å²) in [6.45, 7) is 10.8. The molecule has 0 heterocycles. The first-order valence-electron chi connectivity index (χ1n) is 13.3. The highest BCUT2D eigenvalue weighted by Gasteiger charge is 2.32. The molecule has 198 valence electrons. The third-order valence-corrected chi connectivity index (χ3v) is 6.68. The SMILES string of the molecule is CCCC(CCC)(c1ccc(OCCCCCC(=O)O)cc1)c1ccc(OCC(=O)C(C)(C)C)cc1. The van der Waals surface area contributed by atoms with Gasteiger partial charge in [-0.25, -0.2) is 0 Å². The summed E-state index contributed by atoms with van der Waals surface area (Å²) in [5.41, 5.74) is 2.02. The molecule has 0 atom stereocenters. The Hall–Kier alpha value is -2.82. The standard InChI is InChI=1S/C31H44O5/c1-6-20-31(21-7-2,25-14-18-27(19-15-25)36-23-28(32)30(3,4)5)24-12-16-26(17-13-24)35-22-10-8-9-11-29(33)34/h12-19H,6-11,20-23H2,1-5H3,(H,33,34). The minimum Gasteiger partial charge on any atom is -0.494 e. The van der Waals surface area contributed by atoms with Gasteiger partial charge in [-0.05, 0) is 67.5 Å². The number of carbonyl (C=O) groups excluding carboxylic acids is 1. The zero-order chi connectivity index (χ0) is 26.6. The second-order valence-electron chi connectivity index (χ2n) is 10.6. The van der Waals surface area contributed by atoms with Gasteiger partial charge < -0.3 is 14.6 Å². The lowest BCUT2D eigenvalue weighted by atomic mass is 9.68. The lowest BCUT2D eigenvalue weighted by molar-refractivity contribution is -0.137. The molecule has 0 spiro atoms. The molecule has 36 heavy (non-hydrogen) atoms. The van der Waals surface area contributed by atoms with Crippen LogP contribution in [0.3, 0.4) is 0 Å². The van der Waals surface area contributed by atoms with Crippen LogP contribution in [0.2, 0.25) is 0 Å². The number of aliphatic carboxylic acids is 1. The van der Waals surface area contributed by atoms with E-state index < -0.39 is 11.4 Å². The Kier molecular flexibility index (Phi) is 11.5. The number of Topliss-reactive ketones (excluding diaryl/α,β-unsaturated/α-hetero) is 1. The maximum Gasteiger partial charge on any atom is 0.303 e. The van der Waals surface area contributed by atoms with Crippen molar-refractivity contribution in [2.45, 2.75) is 91.4 Å². The van der Waals surface area contributed by atoms with Crippen LogP contribution in [0, 0.1) is 5.41 Å². The molecule has 0 bridgehead atoms. The van der Waals surface area contributed by atoms with Crippen molar-refractivity contribution in [3.63, 3.8) is 0 Å². The highest BCUT2D eigenvalue weighted by molar-refractivity contribution is 5.85. The third-order valence-electron chi connectivity index (χ3n) is 6.68. The number of unbranched alkanes of at least 4 members (excludes halogenated alkanes) is 2. The Balaban J connectivity index is 2.13. The van der Waals surface area contributed by atoms with Crippen molar-refractivity contribution in [3.05, 3.63) is 59.7 Å². The van der Waals surface area contributed by atoms with Gasteiger partial charge in [0, 0.05) is 17.3 Å². The summed E-state index contributed by atoms with van der Waals surface area (Å²) in [5, 5.41) is 8.73. The molecular weight excluding hydrogens is 452 g/mol. The van der Waals surface area contributed by atoms with Crippen molar-refractivity contribution < 1.29 is 24.2 Å². The molecule has 0 radical (unpaired) electrons. The summed E-state index contributed by atoms with van der Waals surface area (Å²) < 4.78 is 11.7. The van der Waals surface area contributed by atoms with Crippen LogP contribution in [0.1, 0.15) is 97.1 Å². The Bertz CT molecular complexity index is 932. The molecule has 1 N–H and O–H groups in total. The van der Waals surface area contributed by atoms with Gasteiger partial charge in [-0.3, -0.25) is 9.59 Å². The first-order valence-corrected chi connectivity index (χ1v) is 13.3. The minimum atomic E-state index is -0.744. The van der Waals surface area contributed by atoms with Gasteiger partial charge in [-0.2, -0.15) is 0 Å². The first-order chi connectivity index (χ1) is 17.1. The van der Waals surface area contributed by atoms with Crippen LogP contribution in [0.15, 0.2) is 48.5 Å². The average molecular weight is 497 g/mol. The molecule has 2 rings (SSSR count). The van der Waals surface area contributed by atoms with Gasteiger partial charge in [-0.15, -0.1) is 0 Å². The highest BCUT2D eigenvalue weighted by atomic mass is 16.5. The van der Waals surface area contributed by atoms with Crippen molar-refractivity contribution in [3.8, 4) is 11.5 Å². The number of carbonyl (C=O) groups is 2. The van der Waals surface area contributed by atoms with Gasteiger partial charge >= 0.3 is 5.97 Å². The molecule has 0 amide bonds. The molecule has 0 unspecified atom stereocenters. The molecule has 0 aromatic heterocycles. The molecule has 0 aliphatic carbocycles. The second kappa shape index (κ2) is 14.1. The summed E-state index contributed by atoms with van der Waals surface area (Å²) in [4.78, 5) is 22.8. The van der Waals surface area contributed by atoms with Crippen LogP contribution in [0.25, 0.3) is 0 Å². The molecule has 2 aromatic rings. The number of rotatable bonds is 16. The summed E-state index contributed by atoms with van der Waals surface area (Å²) in [7, 11) is 0. The van der Waals surface area contributed by atoms with Crippen LogP contribution >= 0.6 is 0 Å². The zero-order valence-electron chi connectivity index (χ0n) is 22.8. The Morgan fingerprint density at radius 1 is 0.750 bits per heavy atom. The largest absolute Gasteiger partial charge is 0.494 e. The van der Waals surface area contributed by atoms with Gasteiger partial charge in [0.1, 0.15) is 18.1 Å². The molecular formula is C31H44O5. The normalized spacial score (nSPS) is 11.8. The van der Waals surface area contributed by atoms with Gasteiger partial charge in [-0.1, -0.05) is 71.7 Å². The van der Waals surface area contributed by atoms with E-state index >= 15 is 0 Å². The lowest BCUT2D eigenvalue weighted by Crippen LogP contribution is -2.28. The quantitative estimate of drug-likeness (QED) is 0.242. The molecule has 0 saturated carbocycles. The molecule has 5 heteroatoms. The Morgan fingerprint density at radius 2 is 1.25 bits per heavy atom. The summed E-state index contributed by atoms with van der Waals surface area (Å²) >= 11 is 0. The third kappa shape index (κ3) is 8.69. The molecule has 0 aliphatic heterocycles. The first kappa shape index (κ1) is 29.4. The fourth-order valence-electron chi connectivity index (χ4n) is 4.57. The molecule has 0 fully saturated rings. The smallest absolute Gasteiger partial charge is 0.303 e. The van der Waals surface area contributed by atoms with Crippen LogP contribution in [0.5, 0.6) is 11.5 Å². The van der Waals surface area contributed by atoms with E-state index in [0.29, 0.717) is 18.8 Å². The van der Waals surface area contributed by atoms with Crippen LogP contribution in [0.4, 0.5) is 0 Å². The molecule has 0 saturated heterocycles. The number of ether oxygens (including phenoxy) is 2. The fraction of sp³-hybridized carbons (Fsp3) is 0.548. The van der Waals surface area contributed by atoms with E-state index in [-0.39, 0.29) is 24.2 Å². The van der Waals surface area contributed by atoms with Crippen LogP contribution in [-0.2, 0) is 15.0 Å². The number of ketones is 1. The Labute approximate surface area is 217 Å². The second-order valence-corrected chi connectivity index (χ2v) is 10.6. The number of benzene rings is 2. The van der Waals surface area contributed by atoms with E-state index in [1.54, 1.807) is 0 Å². The summed E-state index contributed by atoms with van der Waals surface area (Å²) in [5.74, 6) is 0.893. The number of carboxylic acids is 1. The maximum absolute atomic E-state index is 12.2. The zero-order valence-corrected chi connectivity index (χ0v) is 22.8. The minimum absolute atomic E-state index is 0.0823. The monoisotopic (exact) mass is 496 g/mol. The number of hydrogen-bond acceptors (Lipinski definition) is 4. The van der Waals surface area contributed by atoms with E-state index in [4.69, 9.17) is 14.6 Å². The molecule has 2 aromatic carbocycles. The lowest BCUT2D eigenvalue weighted by Gasteiger charge is -2.35. The van der Waals surface area contributed by atoms with Crippen molar-refractivity contribution in [2.24, 2.45) is 5.41 Å². The average Bonchev–Trinajstić information content (AvgIpc) is 2.84. The van der Waals surface area contributed by atoms with Crippen LogP contribution < -0.4 is 9.47 Å². The van der Waals surface area contributed by atoms with Crippen molar-refractivity contribution >= 4 is 11.8 Å². The topological polar surface area (TPSA) is 72.8 Å². The van der Waals surface area contributed by atoms with Crippen molar-refractivity contribution in [2.75, 3.05) is 13.2 Å². The van der Waals surface area contributed by atoms with Gasteiger partial charge in [0.2, 0.25) is 0 Å². The van der Waals surface area contributed by atoms with Gasteiger partial charge in [0.15, 0.2) is 5.78 Å². The van der Waals surface area contributed by atoms with E-state index in [0.717, 1.165) is 44.3 Å². The molecule has 5 nitrogen and oxygen atoms in total. The Morgan fingerprint density at radius 3 is 1.69 bits per heavy atom. The van der Waals surface area contributed by atoms with Gasteiger partial charge in [0.25, 0.3) is 0 Å². The van der Waals surface area contributed by atoms with Gasteiger partial charge in [0.05, 0.1) is 6.61 Å².